The number of rotatable bonds is 2. The topological polar surface area (TPSA) is 64.9 Å². The van der Waals surface area contributed by atoms with Crippen molar-refractivity contribution in [2.24, 2.45) is 0 Å². The smallest absolute Gasteiger partial charge is 0.308 e. The fraction of sp³-hybridized carbons (Fsp3) is 0.0667. The highest BCUT2D eigenvalue weighted by molar-refractivity contribution is 9.10. The summed E-state index contributed by atoms with van der Waals surface area (Å²) in [5.74, 6) is 0. The van der Waals surface area contributed by atoms with E-state index < -0.39 is 0 Å². The van der Waals surface area contributed by atoms with Crippen LogP contribution in [0.3, 0.4) is 0 Å². The second-order valence-corrected chi connectivity index (χ2v) is 5.16. The number of benzene rings is 2. The van der Waals surface area contributed by atoms with Gasteiger partial charge in [-0.3, -0.25) is 0 Å². The maximum absolute atomic E-state index is 11.9. The predicted molar refractivity (Wildman–Crippen MR) is 82.7 cm³/mol. The molecule has 0 aliphatic carbocycles. The molecule has 0 spiro atoms. The van der Waals surface area contributed by atoms with E-state index in [0.29, 0.717) is 16.9 Å². The van der Waals surface area contributed by atoms with Crippen LogP contribution in [0, 0.1) is 18.3 Å². The van der Waals surface area contributed by atoms with Crippen LogP contribution in [-0.2, 0) is 0 Å². The summed E-state index contributed by atoms with van der Waals surface area (Å²) in [6.07, 6.45) is 0. The Morgan fingerprint density at radius 3 is 2.50 bits per heavy atom. The van der Waals surface area contributed by atoms with E-state index in [1.54, 1.807) is 18.2 Å². The van der Waals surface area contributed by atoms with Crippen LogP contribution in [0.5, 0.6) is 0 Å². The zero-order chi connectivity index (χ0) is 14.5. The summed E-state index contributed by atoms with van der Waals surface area (Å²) in [5, 5.41) is 14.4. The van der Waals surface area contributed by atoms with Gasteiger partial charge in [-0.2, -0.15) is 5.26 Å². The first-order valence-electron chi connectivity index (χ1n) is 5.93. The van der Waals surface area contributed by atoms with Crippen molar-refractivity contribution < 1.29 is 4.79 Å². The maximum Gasteiger partial charge on any atom is 0.323 e. The van der Waals surface area contributed by atoms with Crippen molar-refractivity contribution >= 4 is 33.3 Å². The third-order valence-corrected chi connectivity index (χ3v) is 3.15. The van der Waals surface area contributed by atoms with E-state index in [4.69, 9.17) is 5.26 Å². The van der Waals surface area contributed by atoms with Crippen LogP contribution in [0.4, 0.5) is 16.2 Å². The lowest BCUT2D eigenvalue weighted by atomic mass is 10.2. The second-order valence-electron chi connectivity index (χ2n) is 4.25. The molecule has 5 heteroatoms. The van der Waals surface area contributed by atoms with E-state index >= 15 is 0 Å². The van der Waals surface area contributed by atoms with Crippen molar-refractivity contribution in [2.75, 3.05) is 10.6 Å². The van der Waals surface area contributed by atoms with E-state index in [2.05, 4.69) is 26.6 Å². The molecular weight excluding hydrogens is 318 g/mol. The molecule has 2 N–H and O–H groups in total. The van der Waals surface area contributed by atoms with Gasteiger partial charge in [0.25, 0.3) is 0 Å². The van der Waals surface area contributed by atoms with Crippen LogP contribution < -0.4 is 10.6 Å². The van der Waals surface area contributed by atoms with E-state index in [9.17, 15) is 4.79 Å². The van der Waals surface area contributed by atoms with Gasteiger partial charge in [0.05, 0.1) is 11.3 Å². The summed E-state index contributed by atoms with van der Waals surface area (Å²) in [6.45, 7) is 1.98. The fourth-order valence-corrected chi connectivity index (χ4v) is 2.00. The van der Waals surface area contributed by atoms with Gasteiger partial charge < -0.3 is 10.6 Å². The average Bonchev–Trinajstić information content (AvgIpc) is 2.41. The number of nitrogens with zero attached hydrogens (tertiary/aromatic N) is 1. The van der Waals surface area contributed by atoms with Gasteiger partial charge in [-0.25, -0.2) is 4.79 Å². The lowest BCUT2D eigenvalue weighted by Crippen LogP contribution is -2.20. The number of aryl methyl sites for hydroxylation is 1. The fourth-order valence-electron chi connectivity index (χ4n) is 1.64. The molecule has 2 aromatic carbocycles. The standard InChI is InChI=1S/C15H12BrN3O/c1-10-2-6-13(7-3-10)18-15(20)19-14-8-12(16)5-4-11(14)9-17/h2-8H,1H3,(H2,18,19,20). The predicted octanol–water partition coefficient (Wildman–Crippen LogP) is 4.27. The number of carbonyl (C=O) groups excluding carboxylic acids is 1. The van der Waals surface area contributed by atoms with Gasteiger partial charge in [0.1, 0.15) is 6.07 Å². The number of hydrogen-bond donors (Lipinski definition) is 2. The minimum absolute atomic E-state index is 0.386. The number of urea groups is 1. The van der Waals surface area contributed by atoms with Crippen molar-refractivity contribution in [1.82, 2.24) is 0 Å². The molecule has 0 radical (unpaired) electrons. The Kier molecular flexibility index (Phi) is 4.38. The van der Waals surface area contributed by atoms with Crippen molar-refractivity contribution in [1.29, 1.82) is 5.26 Å². The summed E-state index contributed by atoms with van der Waals surface area (Å²) in [6, 6.07) is 14.2. The summed E-state index contributed by atoms with van der Waals surface area (Å²) in [4.78, 5) is 11.9. The summed E-state index contributed by atoms with van der Waals surface area (Å²) >= 11 is 3.31. The normalized spacial score (nSPS) is 9.65. The number of carbonyl (C=O) groups is 1. The van der Waals surface area contributed by atoms with Gasteiger partial charge in [-0.1, -0.05) is 33.6 Å². The van der Waals surface area contributed by atoms with Crippen LogP contribution in [0.1, 0.15) is 11.1 Å². The molecule has 2 rings (SSSR count). The molecule has 20 heavy (non-hydrogen) atoms. The van der Waals surface area contributed by atoms with E-state index in [1.807, 2.05) is 37.3 Å². The number of halogens is 1. The zero-order valence-corrected chi connectivity index (χ0v) is 12.4. The highest BCUT2D eigenvalue weighted by Crippen LogP contribution is 2.21. The highest BCUT2D eigenvalue weighted by atomic mass is 79.9. The molecule has 2 aromatic rings. The van der Waals surface area contributed by atoms with Crippen molar-refractivity contribution in [3.63, 3.8) is 0 Å². The van der Waals surface area contributed by atoms with Crippen LogP contribution in [0.15, 0.2) is 46.9 Å². The van der Waals surface area contributed by atoms with Crippen LogP contribution in [0.25, 0.3) is 0 Å². The van der Waals surface area contributed by atoms with Crippen LogP contribution >= 0.6 is 15.9 Å². The third kappa shape index (κ3) is 3.59. The zero-order valence-electron chi connectivity index (χ0n) is 10.8. The molecule has 100 valence electrons. The van der Waals surface area contributed by atoms with Gasteiger partial charge in [0.2, 0.25) is 0 Å². The summed E-state index contributed by atoms with van der Waals surface area (Å²) in [7, 11) is 0. The lowest BCUT2D eigenvalue weighted by Gasteiger charge is -2.09. The Morgan fingerprint density at radius 1 is 1.15 bits per heavy atom. The summed E-state index contributed by atoms with van der Waals surface area (Å²) in [5.41, 5.74) is 2.69. The highest BCUT2D eigenvalue weighted by Gasteiger charge is 2.07. The first-order valence-corrected chi connectivity index (χ1v) is 6.72. The second kappa shape index (κ2) is 6.22. The number of amides is 2. The van der Waals surface area contributed by atoms with Gasteiger partial charge in [0, 0.05) is 10.2 Å². The lowest BCUT2D eigenvalue weighted by molar-refractivity contribution is 0.262. The largest absolute Gasteiger partial charge is 0.323 e. The van der Waals surface area contributed by atoms with Crippen LogP contribution in [-0.4, -0.2) is 6.03 Å². The average molecular weight is 330 g/mol. The van der Waals surface area contributed by atoms with Gasteiger partial charge in [-0.05, 0) is 37.3 Å². The van der Waals surface area contributed by atoms with Gasteiger partial charge in [0.15, 0.2) is 0 Å². The molecule has 0 aliphatic heterocycles. The van der Waals surface area contributed by atoms with E-state index in [-0.39, 0.29) is 6.03 Å². The minimum atomic E-state index is -0.386. The monoisotopic (exact) mass is 329 g/mol. The van der Waals surface area contributed by atoms with Gasteiger partial charge in [-0.15, -0.1) is 0 Å². The van der Waals surface area contributed by atoms with E-state index in [1.165, 1.54) is 0 Å². The van der Waals surface area contributed by atoms with Gasteiger partial charge >= 0.3 is 6.03 Å². The maximum atomic E-state index is 11.9. The van der Waals surface area contributed by atoms with Crippen molar-refractivity contribution in [3.8, 4) is 6.07 Å². The molecule has 0 aromatic heterocycles. The first-order chi connectivity index (χ1) is 9.58. The number of nitriles is 1. The van der Waals surface area contributed by atoms with Crippen molar-refractivity contribution in [3.05, 3.63) is 58.1 Å². The molecule has 0 fully saturated rings. The Labute approximate surface area is 125 Å². The molecule has 0 bridgehead atoms. The Hall–Kier alpha value is -2.32. The summed E-state index contributed by atoms with van der Waals surface area (Å²) < 4.78 is 0.794. The van der Waals surface area contributed by atoms with Crippen molar-refractivity contribution in [2.45, 2.75) is 6.92 Å². The molecule has 0 saturated carbocycles. The third-order valence-electron chi connectivity index (χ3n) is 2.66. The van der Waals surface area contributed by atoms with Crippen LogP contribution in [0.2, 0.25) is 0 Å². The molecular formula is C15H12BrN3O. The molecule has 0 heterocycles. The first kappa shape index (κ1) is 14.1. The quantitative estimate of drug-likeness (QED) is 0.863. The molecule has 4 nitrogen and oxygen atoms in total. The number of hydrogen-bond acceptors (Lipinski definition) is 2. The molecule has 0 unspecified atom stereocenters. The Bertz CT molecular complexity index is 675. The molecule has 0 saturated heterocycles. The number of anilines is 2. The number of nitrogens with one attached hydrogen (secondary N) is 2. The SMILES string of the molecule is Cc1ccc(NC(=O)Nc2cc(Br)ccc2C#N)cc1. The minimum Gasteiger partial charge on any atom is -0.308 e. The Morgan fingerprint density at radius 2 is 1.85 bits per heavy atom. The van der Waals surface area contributed by atoms with E-state index in [0.717, 1.165) is 10.0 Å². The molecule has 0 atom stereocenters. The molecule has 0 aliphatic rings. The molecule has 2 amide bonds. The Balaban J connectivity index is 2.10.